The molecule has 0 bridgehead atoms. The highest BCUT2D eigenvalue weighted by Gasteiger charge is 2.50. The van der Waals surface area contributed by atoms with E-state index < -0.39 is 20.7 Å². The van der Waals surface area contributed by atoms with Crippen molar-refractivity contribution in [2.75, 3.05) is 4.72 Å². The molecule has 0 fully saturated rings. The normalized spacial score (nSPS) is 17.3. The number of aromatic nitrogens is 3. The summed E-state index contributed by atoms with van der Waals surface area (Å²) in [6.07, 6.45) is 5.28. The number of benzene rings is 1. The molecule has 2 aromatic heterocycles. The van der Waals surface area contributed by atoms with E-state index in [1.165, 1.54) is 0 Å². The van der Waals surface area contributed by atoms with Crippen molar-refractivity contribution in [1.82, 2.24) is 14.7 Å². The first-order valence-corrected chi connectivity index (χ1v) is 14.3. The number of nitrogens with zero attached hydrogens (tertiary/aromatic N) is 4. The molecule has 1 aromatic carbocycles. The number of aryl methyl sites for hydroxylation is 3. The number of nitrogens with one attached hydrogen (secondary N) is 1. The van der Waals surface area contributed by atoms with Crippen molar-refractivity contribution in [3.05, 3.63) is 82.2 Å². The summed E-state index contributed by atoms with van der Waals surface area (Å²) in [6.45, 7) is 7.44. The third kappa shape index (κ3) is 5.00. The SMILES string of the molecule is CCCc1nc(CC)c(C(N)=O)n1CC1=CC=C(c2ccccc2)C(C#N)(S(=O)(=O)Nc2noc(C)c2C)C1. The maximum Gasteiger partial charge on any atom is 0.267 e. The van der Waals surface area contributed by atoms with Gasteiger partial charge in [-0.25, -0.2) is 13.4 Å². The number of anilines is 1. The first-order chi connectivity index (χ1) is 18.6. The zero-order chi connectivity index (χ0) is 28.4. The number of hydrogen-bond acceptors (Lipinski definition) is 7. The van der Waals surface area contributed by atoms with Crippen LogP contribution in [0.25, 0.3) is 5.57 Å². The van der Waals surface area contributed by atoms with Gasteiger partial charge in [0.2, 0.25) is 4.75 Å². The maximum absolute atomic E-state index is 14.1. The van der Waals surface area contributed by atoms with Crippen molar-refractivity contribution < 1.29 is 17.7 Å². The zero-order valence-electron chi connectivity index (χ0n) is 22.5. The van der Waals surface area contributed by atoms with Gasteiger partial charge in [-0.05, 0) is 43.4 Å². The second-order valence-electron chi connectivity index (χ2n) is 9.58. The van der Waals surface area contributed by atoms with Crippen molar-refractivity contribution in [3.8, 4) is 6.07 Å². The van der Waals surface area contributed by atoms with Gasteiger partial charge < -0.3 is 14.8 Å². The number of amides is 1. The van der Waals surface area contributed by atoms with Crippen LogP contribution in [0.5, 0.6) is 0 Å². The van der Waals surface area contributed by atoms with Gasteiger partial charge in [0.05, 0.1) is 11.8 Å². The number of nitriles is 1. The monoisotopic (exact) mass is 548 g/mol. The minimum absolute atomic E-state index is 0.0362. The summed E-state index contributed by atoms with van der Waals surface area (Å²) in [7, 11) is -4.39. The molecule has 0 saturated carbocycles. The number of carbonyl (C=O) groups is 1. The van der Waals surface area contributed by atoms with Crippen LogP contribution in [-0.2, 0) is 29.4 Å². The molecule has 2 heterocycles. The van der Waals surface area contributed by atoms with Gasteiger partial charge in [-0.2, -0.15) is 5.26 Å². The zero-order valence-corrected chi connectivity index (χ0v) is 23.3. The predicted molar refractivity (Wildman–Crippen MR) is 148 cm³/mol. The van der Waals surface area contributed by atoms with Gasteiger partial charge >= 0.3 is 0 Å². The second kappa shape index (κ2) is 10.9. The van der Waals surface area contributed by atoms with E-state index in [2.05, 4.69) is 20.9 Å². The second-order valence-corrected chi connectivity index (χ2v) is 11.5. The van der Waals surface area contributed by atoms with E-state index in [4.69, 9.17) is 10.3 Å². The molecular formula is C28H32N6O4S. The van der Waals surface area contributed by atoms with E-state index in [1.807, 2.05) is 26.0 Å². The number of nitrogens with two attached hydrogens (primary N) is 1. The Labute approximate surface area is 228 Å². The number of rotatable bonds is 10. The first kappa shape index (κ1) is 27.9. The maximum atomic E-state index is 14.1. The van der Waals surface area contributed by atoms with E-state index in [9.17, 15) is 18.5 Å². The van der Waals surface area contributed by atoms with Crippen molar-refractivity contribution in [2.45, 2.75) is 64.7 Å². The van der Waals surface area contributed by atoms with Gasteiger partial charge in [0.25, 0.3) is 15.9 Å². The fourth-order valence-electron chi connectivity index (χ4n) is 4.86. The van der Waals surface area contributed by atoms with Crippen molar-refractivity contribution >= 4 is 27.3 Å². The van der Waals surface area contributed by atoms with Crippen LogP contribution >= 0.6 is 0 Å². The summed E-state index contributed by atoms with van der Waals surface area (Å²) in [5, 5.41) is 14.4. The number of carbonyl (C=O) groups excluding carboxylic acids is 1. The fraction of sp³-hybridized carbons (Fsp3) is 0.357. The molecule has 0 aliphatic heterocycles. The lowest BCUT2D eigenvalue weighted by Crippen LogP contribution is -2.44. The Morgan fingerprint density at radius 2 is 1.95 bits per heavy atom. The summed E-state index contributed by atoms with van der Waals surface area (Å²) in [5.41, 5.74) is 8.76. The Balaban J connectivity index is 1.85. The average Bonchev–Trinajstić information content (AvgIpc) is 3.43. The molecule has 3 N–H and O–H groups in total. The third-order valence-electron chi connectivity index (χ3n) is 7.03. The number of imidazole rings is 1. The molecular weight excluding hydrogens is 516 g/mol. The van der Waals surface area contributed by atoms with Crippen LogP contribution in [0.2, 0.25) is 0 Å². The molecule has 0 radical (unpaired) electrons. The molecule has 39 heavy (non-hydrogen) atoms. The van der Waals surface area contributed by atoms with Crippen LogP contribution in [-0.4, -0.2) is 33.8 Å². The Kier molecular flexibility index (Phi) is 7.79. The van der Waals surface area contributed by atoms with Crippen molar-refractivity contribution in [3.63, 3.8) is 0 Å². The number of primary amides is 1. The van der Waals surface area contributed by atoms with Crippen molar-refractivity contribution in [2.24, 2.45) is 5.73 Å². The highest BCUT2D eigenvalue weighted by Crippen LogP contribution is 2.43. The summed E-state index contributed by atoms with van der Waals surface area (Å²) in [4.78, 5) is 17.1. The van der Waals surface area contributed by atoms with Crippen LogP contribution in [0.3, 0.4) is 0 Å². The standard InChI is InChI=1S/C28H32N6O4S/c1-5-10-24-31-23(6-2)25(26(30)35)34(24)16-20-13-14-22(21-11-8-7-9-12-21)28(15-20,17-29)39(36,37)33-27-18(3)19(4)38-32-27/h7-9,11-14H,5-6,10,15-16H2,1-4H3,(H2,30,35)(H,32,33). The Hall–Kier alpha value is -4.17. The summed E-state index contributed by atoms with van der Waals surface area (Å²) < 4.78 is 35.6. The van der Waals surface area contributed by atoms with Crippen molar-refractivity contribution in [1.29, 1.82) is 5.26 Å². The van der Waals surface area contributed by atoms with Crippen LogP contribution in [0, 0.1) is 25.2 Å². The number of allylic oxidation sites excluding steroid dienone is 3. The molecule has 1 unspecified atom stereocenters. The highest BCUT2D eigenvalue weighted by molar-refractivity contribution is 7.94. The molecule has 1 aliphatic carbocycles. The van der Waals surface area contributed by atoms with Gasteiger partial charge in [-0.15, -0.1) is 0 Å². The molecule has 204 valence electrons. The Bertz CT molecular complexity index is 1610. The van der Waals surface area contributed by atoms with E-state index in [-0.39, 0.29) is 18.8 Å². The largest absolute Gasteiger partial charge is 0.364 e. The minimum atomic E-state index is -4.39. The summed E-state index contributed by atoms with van der Waals surface area (Å²) in [6, 6.07) is 11.1. The summed E-state index contributed by atoms with van der Waals surface area (Å²) >= 11 is 0. The predicted octanol–water partition coefficient (Wildman–Crippen LogP) is 4.22. The van der Waals surface area contributed by atoms with Gasteiger partial charge in [0, 0.05) is 24.9 Å². The van der Waals surface area contributed by atoms with Crippen LogP contribution in [0.1, 0.15) is 65.6 Å². The molecule has 4 rings (SSSR count). The lowest BCUT2D eigenvalue weighted by molar-refractivity contribution is 0.0990. The minimum Gasteiger partial charge on any atom is -0.364 e. The molecule has 10 nitrogen and oxygen atoms in total. The number of hydrogen-bond donors (Lipinski definition) is 2. The average molecular weight is 549 g/mol. The third-order valence-corrected chi connectivity index (χ3v) is 8.87. The summed E-state index contributed by atoms with van der Waals surface area (Å²) in [5.74, 6) is 0.598. The fourth-order valence-corrected chi connectivity index (χ4v) is 6.45. The highest BCUT2D eigenvalue weighted by atomic mass is 32.2. The van der Waals surface area contributed by atoms with Crippen LogP contribution < -0.4 is 10.5 Å². The van der Waals surface area contributed by atoms with Gasteiger partial charge in [0.15, 0.2) is 5.82 Å². The number of sulfonamides is 1. The quantitative estimate of drug-likeness (QED) is 0.384. The Morgan fingerprint density at radius 3 is 2.51 bits per heavy atom. The van der Waals surface area contributed by atoms with Crippen LogP contribution in [0.4, 0.5) is 5.82 Å². The van der Waals surface area contributed by atoms with Gasteiger partial charge in [-0.3, -0.25) is 9.52 Å². The van der Waals surface area contributed by atoms with E-state index in [1.54, 1.807) is 48.8 Å². The van der Waals surface area contributed by atoms with Crippen LogP contribution in [0.15, 0.2) is 52.6 Å². The van der Waals surface area contributed by atoms with E-state index in [0.717, 1.165) is 6.42 Å². The van der Waals surface area contributed by atoms with Gasteiger partial charge in [-0.1, -0.05) is 61.5 Å². The molecule has 11 heteroatoms. The molecule has 1 amide bonds. The lowest BCUT2D eigenvalue weighted by Gasteiger charge is -2.33. The molecule has 1 aliphatic rings. The smallest absolute Gasteiger partial charge is 0.267 e. The first-order valence-electron chi connectivity index (χ1n) is 12.8. The molecule has 3 aromatic rings. The lowest BCUT2D eigenvalue weighted by atomic mass is 9.83. The topological polar surface area (TPSA) is 157 Å². The van der Waals surface area contributed by atoms with E-state index >= 15 is 0 Å². The molecule has 0 spiro atoms. The van der Waals surface area contributed by atoms with Gasteiger partial charge in [0.1, 0.15) is 17.3 Å². The molecule has 0 saturated heterocycles. The Morgan fingerprint density at radius 1 is 1.23 bits per heavy atom. The molecule has 1 atom stereocenters. The van der Waals surface area contributed by atoms with E-state index in [0.29, 0.717) is 58.1 Å².